The van der Waals surface area contributed by atoms with Gasteiger partial charge in [-0.15, -0.1) is 0 Å². The van der Waals surface area contributed by atoms with E-state index in [1.54, 1.807) is 18.3 Å². The molecule has 2 heterocycles. The van der Waals surface area contributed by atoms with Crippen LogP contribution in [0.4, 0.5) is 5.69 Å². The highest BCUT2D eigenvalue weighted by atomic mass is 32.2. The number of anilines is 1. The Morgan fingerprint density at radius 3 is 2.38 bits per heavy atom. The molecule has 1 aliphatic heterocycles. The van der Waals surface area contributed by atoms with Crippen molar-refractivity contribution in [1.82, 2.24) is 9.78 Å². The number of allylic oxidation sites excluding steroid dienone is 2. The number of aromatic nitrogens is 2. The Morgan fingerprint density at radius 1 is 0.872 bits per heavy atom. The molecule has 5 aromatic rings. The highest BCUT2D eigenvalue weighted by Gasteiger charge is 2.30. The van der Waals surface area contributed by atoms with E-state index in [-0.39, 0.29) is 11.8 Å². The summed E-state index contributed by atoms with van der Waals surface area (Å²) in [7, 11) is -2.85. The number of nitrogen functional groups attached to an aromatic ring is 1. The molecule has 196 valence electrons. The average molecular weight is 534 g/mol. The molecule has 2 aliphatic rings. The van der Waals surface area contributed by atoms with Crippen molar-refractivity contribution in [2.45, 2.75) is 25.3 Å². The minimum absolute atomic E-state index is 0.156. The lowest BCUT2D eigenvalue weighted by Gasteiger charge is -2.33. The Kier molecular flexibility index (Phi) is 6.79. The smallest absolute Gasteiger partial charge is 0.175 e. The summed E-state index contributed by atoms with van der Waals surface area (Å²) in [6, 6.07) is 28.9. The summed E-state index contributed by atoms with van der Waals surface area (Å²) in [5.41, 5.74) is 11.0. The van der Waals surface area contributed by atoms with E-state index in [1.807, 2.05) is 6.20 Å². The fraction of sp³-hybridized carbons (Fsp3) is 0.182. The van der Waals surface area contributed by atoms with Crippen molar-refractivity contribution in [2.75, 3.05) is 11.5 Å². The zero-order valence-electron chi connectivity index (χ0n) is 21.6. The fourth-order valence-electron chi connectivity index (χ4n) is 5.93. The van der Waals surface area contributed by atoms with Gasteiger partial charge in [0.2, 0.25) is 0 Å². The number of fused-ring (bicyclic) bond motifs is 5. The maximum absolute atomic E-state index is 10.5. The first kappa shape index (κ1) is 25.1. The van der Waals surface area contributed by atoms with Gasteiger partial charge in [-0.3, -0.25) is 4.68 Å². The van der Waals surface area contributed by atoms with Gasteiger partial charge in [-0.25, -0.2) is 8.42 Å². The van der Waals surface area contributed by atoms with E-state index in [1.165, 1.54) is 49.7 Å². The number of nitrogens with zero attached hydrogens (tertiary/aromatic N) is 2. The Morgan fingerprint density at radius 2 is 1.67 bits per heavy atom. The molecular formula is C33H31N3O2S. The number of benzene rings is 4. The van der Waals surface area contributed by atoms with Crippen LogP contribution in [-0.4, -0.2) is 24.0 Å². The van der Waals surface area contributed by atoms with E-state index in [4.69, 9.17) is 5.73 Å². The van der Waals surface area contributed by atoms with E-state index in [9.17, 15) is 8.42 Å². The van der Waals surface area contributed by atoms with Crippen molar-refractivity contribution in [1.29, 1.82) is 0 Å². The molecule has 5 nitrogen and oxygen atoms in total. The van der Waals surface area contributed by atoms with E-state index >= 15 is 0 Å². The molecule has 39 heavy (non-hydrogen) atoms. The summed E-state index contributed by atoms with van der Waals surface area (Å²) < 4.78 is 23.1. The summed E-state index contributed by atoms with van der Waals surface area (Å²) in [6.45, 7) is 0. The molecule has 4 aromatic carbocycles. The number of rotatable bonds is 3. The molecule has 2 N–H and O–H groups in total. The molecule has 2 unspecified atom stereocenters. The van der Waals surface area contributed by atoms with Gasteiger partial charge in [0.05, 0.1) is 23.7 Å². The first-order valence-electron chi connectivity index (χ1n) is 13.3. The maximum atomic E-state index is 10.5. The number of nitrogens with two attached hydrogens (primary N) is 1. The lowest BCUT2D eigenvalue weighted by atomic mass is 9.76. The predicted molar refractivity (Wildman–Crippen MR) is 160 cm³/mol. The quantitative estimate of drug-likeness (QED) is 0.263. The zero-order valence-corrected chi connectivity index (χ0v) is 22.5. The van der Waals surface area contributed by atoms with Crippen LogP contribution in [0.25, 0.3) is 21.5 Å². The third-order valence-corrected chi connectivity index (χ3v) is 8.97. The molecule has 0 spiro atoms. The summed E-state index contributed by atoms with van der Waals surface area (Å²) in [5, 5.41) is 11.2. The number of sulfone groups is 1. The first-order chi connectivity index (χ1) is 19.0. The molecule has 1 aliphatic carbocycles. The van der Waals surface area contributed by atoms with Crippen LogP contribution in [0.15, 0.2) is 115 Å². The molecule has 2 atom stereocenters. The number of hydrogen-bond acceptors (Lipinski definition) is 4. The van der Waals surface area contributed by atoms with Crippen molar-refractivity contribution in [3.8, 4) is 0 Å². The molecule has 6 heteroatoms. The van der Waals surface area contributed by atoms with Crippen LogP contribution in [0.1, 0.15) is 29.2 Å². The van der Waals surface area contributed by atoms with Crippen molar-refractivity contribution in [3.63, 3.8) is 0 Å². The van der Waals surface area contributed by atoms with Gasteiger partial charge >= 0.3 is 0 Å². The Labute approximate surface area is 229 Å². The minimum atomic E-state index is -2.85. The molecular weight excluding hydrogens is 502 g/mol. The van der Waals surface area contributed by atoms with E-state index in [0.717, 1.165) is 19.3 Å². The zero-order chi connectivity index (χ0) is 26.8. The van der Waals surface area contributed by atoms with Crippen molar-refractivity contribution in [3.05, 3.63) is 132 Å². The van der Waals surface area contributed by atoms with Crippen molar-refractivity contribution >= 4 is 37.1 Å². The van der Waals surface area contributed by atoms with E-state index in [0.29, 0.717) is 11.6 Å². The van der Waals surface area contributed by atoms with Gasteiger partial charge in [-0.1, -0.05) is 97.1 Å². The molecule has 0 amide bonds. The SMILES string of the molecule is Nc1cnn(C(c2ccccc2)C2CCc3ccc4c(ccc5ccccc54)c3C2)c1.O=S1(=O)C=CC=CC1. The molecule has 0 fully saturated rings. The number of hydrogen-bond donors (Lipinski definition) is 1. The van der Waals surface area contributed by atoms with Crippen molar-refractivity contribution < 1.29 is 8.42 Å². The van der Waals surface area contributed by atoms with Crippen LogP contribution in [0, 0.1) is 5.92 Å². The molecule has 1 aromatic heterocycles. The summed E-state index contributed by atoms with van der Waals surface area (Å²) in [4.78, 5) is 0. The lowest BCUT2D eigenvalue weighted by Crippen LogP contribution is -2.27. The van der Waals surface area contributed by atoms with Gasteiger partial charge in [0.15, 0.2) is 9.84 Å². The van der Waals surface area contributed by atoms with Gasteiger partial charge in [0, 0.05) is 11.6 Å². The van der Waals surface area contributed by atoms with Crippen LogP contribution < -0.4 is 5.73 Å². The van der Waals surface area contributed by atoms with Crippen LogP contribution in [0.3, 0.4) is 0 Å². The monoisotopic (exact) mass is 533 g/mol. The second-order valence-corrected chi connectivity index (χ2v) is 12.2. The summed E-state index contributed by atoms with van der Waals surface area (Å²) >= 11 is 0. The van der Waals surface area contributed by atoms with Crippen LogP contribution in [-0.2, 0) is 22.7 Å². The molecule has 0 saturated carbocycles. The van der Waals surface area contributed by atoms with Gasteiger partial charge < -0.3 is 5.73 Å². The molecule has 0 saturated heterocycles. The highest BCUT2D eigenvalue weighted by molar-refractivity contribution is 7.94. The number of aryl methyl sites for hydroxylation is 1. The fourth-order valence-corrected chi connectivity index (χ4v) is 6.75. The van der Waals surface area contributed by atoms with Crippen molar-refractivity contribution in [2.24, 2.45) is 5.92 Å². The van der Waals surface area contributed by atoms with E-state index in [2.05, 4.69) is 88.6 Å². The van der Waals surface area contributed by atoms with Crippen LogP contribution in [0.2, 0.25) is 0 Å². The lowest BCUT2D eigenvalue weighted by molar-refractivity contribution is 0.319. The van der Waals surface area contributed by atoms with Crippen LogP contribution in [0.5, 0.6) is 0 Å². The topological polar surface area (TPSA) is 78.0 Å². The second-order valence-electron chi connectivity index (χ2n) is 10.3. The van der Waals surface area contributed by atoms with Gasteiger partial charge in [-0.2, -0.15) is 5.10 Å². The largest absolute Gasteiger partial charge is 0.396 e. The Hall–Kier alpha value is -4.16. The second kappa shape index (κ2) is 10.5. The van der Waals surface area contributed by atoms with Gasteiger partial charge in [-0.05, 0) is 63.4 Å². The van der Waals surface area contributed by atoms with Crippen LogP contribution >= 0.6 is 0 Å². The molecule has 0 bridgehead atoms. The Bertz CT molecular complexity index is 1800. The third-order valence-electron chi connectivity index (χ3n) is 7.74. The molecule has 0 radical (unpaired) electrons. The Balaban J connectivity index is 0.000000299. The highest BCUT2D eigenvalue weighted by Crippen LogP contribution is 2.40. The maximum Gasteiger partial charge on any atom is 0.175 e. The third kappa shape index (κ3) is 5.25. The van der Waals surface area contributed by atoms with Gasteiger partial charge in [0.25, 0.3) is 0 Å². The molecule has 7 rings (SSSR count). The minimum Gasteiger partial charge on any atom is -0.396 e. The first-order valence-corrected chi connectivity index (χ1v) is 15.0. The van der Waals surface area contributed by atoms with Gasteiger partial charge in [0.1, 0.15) is 0 Å². The standard InChI is InChI=1S/C28H25N3.C5H6O2S/c29-23-17-30-31(18-23)28(21-7-2-1-3-8-21)22-11-10-20-13-14-25-24-9-5-4-6-19(24)12-15-26(25)27(20)16-22;6-8(7)4-2-1-3-5-8/h1-9,12-15,17-18,22,28H,10-11,16,29H2;1-4H,5H2. The summed E-state index contributed by atoms with van der Waals surface area (Å²) in [5.74, 6) is 0.620. The average Bonchev–Trinajstić information content (AvgIpc) is 3.39. The predicted octanol–water partition coefficient (Wildman–Crippen LogP) is 6.65. The summed E-state index contributed by atoms with van der Waals surface area (Å²) in [6.07, 6.45) is 11.9. The van der Waals surface area contributed by atoms with E-state index < -0.39 is 9.84 Å². The normalized spacial score (nSPS) is 18.3.